The highest BCUT2D eigenvalue weighted by Crippen LogP contribution is 2.20. The van der Waals surface area contributed by atoms with E-state index in [2.05, 4.69) is 97.1 Å². The molecule has 2 aromatic carbocycles. The Labute approximate surface area is 132 Å². The van der Waals surface area contributed by atoms with Crippen molar-refractivity contribution in [3.63, 3.8) is 0 Å². The van der Waals surface area contributed by atoms with Crippen LogP contribution >= 0.6 is 0 Å². The molecule has 3 rings (SSSR count). The maximum atomic E-state index is 2.27. The van der Waals surface area contributed by atoms with Crippen LogP contribution in [-0.4, -0.2) is 0 Å². The normalized spacial score (nSPS) is 15.7. The van der Waals surface area contributed by atoms with Gasteiger partial charge in [0.1, 0.15) is 0 Å². The zero-order valence-electron chi connectivity index (χ0n) is 12.7. The molecule has 0 spiro atoms. The second kappa shape index (κ2) is 7.42. The van der Waals surface area contributed by atoms with Gasteiger partial charge in [0.25, 0.3) is 0 Å². The van der Waals surface area contributed by atoms with Crippen LogP contribution in [0.1, 0.15) is 12.0 Å². The lowest BCUT2D eigenvalue weighted by atomic mass is 10.0. The summed E-state index contributed by atoms with van der Waals surface area (Å²) in [6, 6.07) is 19.3. The van der Waals surface area contributed by atoms with Crippen LogP contribution in [-0.2, 0) is 6.42 Å². The molecule has 108 valence electrons. The first-order chi connectivity index (χ1) is 10.9. The van der Waals surface area contributed by atoms with E-state index < -0.39 is 0 Å². The summed E-state index contributed by atoms with van der Waals surface area (Å²) in [5.74, 6) is 0. The largest absolute Gasteiger partial charge is 0.0801 e. The van der Waals surface area contributed by atoms with Gasteiger partial charge in [-0.2, -0.15) is 0 Å². The minimum atomic E-state index is 0.962. The van der Waals surface area contributed by atoms with E-state index in [0.717, 1.165) is 12.8 Å². The van der Waals surface area contributed by atoms with E-state index in [0.29, 0.717) is 0 Å². The van der Waals surface area contributed by atoms with Crippen LogP contribution in [0.4, 0.5) is 0 Å². The molecule has 0 bridgehead atoms. The van der Waals surface area contributed by atoms with E-state index in [-0.39, 0.29) is 0 Å². The highest BCUT2D eigenvalue weighted by molar-refractivity contribution is 5.64. The van der Waals surface area contributed by atoms with Gasteiger partial charge < -0.3 is 0 Å². The third kappa shape index (κ3) is 3.95. The van der Waals surface area contributed by atoms with E-state index in [4.69, 9.17) is 0 Å². The molecule has 0 aliphatic heterocycles. The molecule has 0 radical (unpaired) electrons. The molecule has 0 fully saturated rings. The molecule has 0 saturated heterocycles. The van der Waals surface area contributed by atoms with Crippen molar-refractivity contribution in [3.05, 3.63) is 108 Å². The number of allylic oxidation sites excluding steroid dienone is 8. The summed E-state index contributed by atoms with van der Waals surface area (Å²) in [5, 5.41) is 0. The van der Waals surface area contributed by atoms with Gasteiger partial charge in [0.05, 0.1) is 0 Å². The number of hydrogen-bond acceptors (Lipinski definition) is 0. The summed E-state index contributed by atoms with van der Waals surface area (Å²) < 4.78 is 0. The Hall–Kier alpha value is -2.60. The van der Waals surface area contributed by atoms with Gasteiger partial charge in [-0.05, 0) is 35.1 Å². The predicted octanol–water partition coefficient (Wildman–Crippen LogP) is 5.89. The SMILES string of the molecule is C1=CC/C(=C\C=C/Cc2cccc(-c3ccccc3)c2)C=C1. The predicted molar refractivity (Wildman–Crippen MR) is 95.7 cm³/mol. The molecule has 0 heteroatoms. The van der Waals surface area contributed by atoms with E-state index in [1.165, 1.54) is 22.3 Å². The van der Waals surface area contributed by atoms with E-state index in [1.54, 1.807) is 0 Å². The summed E-state index contributed by atoms with van der Waals surface area (Å²) in [6.07, 6.45) is 17.1. The standard InChI is InChI=1S/C22H20/c1-3-10-19(11-4-1)12-7-8-13-20-14-9-17-22(18-20)21-15-5-2-6-16-21/h1-10,12,14-18H,11,13H2/b8-7-,19-12-. The molecule has 0 N–H and O–H groups in total. The summed E-state index contributed by atoms with van der Waals surface area (Å²) in [5.41, 5.74) is 5.26. The average Bonchev–Trinajstić information content (AvgIpc) is 2.61. The van der Waals surface area contributed by atoms with Crippen LogP contribution in [0.25, 0.3) is 11.1 Å². The van der Waals surface area contributed by atoms with Gasteiger partial charge >= 0.3 is 0 Å². The van der Waals surface area contributed by atoms with E-state index in [1.807, 2.05) is 0 Å². The summed E-state index contributed by atoms with van der Waals surface area (Å²) in [7, 11) is 0. The molecule has 2 aromatic rings. The van der Waals surface area contributed by atoms with Gasteiger partial charge in [0.15, 0.2) is 0 Å². The van der Waals surface area contributed by atoms with Gasteiger partial charge in [-0.25, -0.2) is 0 Å². The van der Waals surface area contributed by atoms with Crippen LogP contribution < -0.4 is 0 Å². The fourth-order valence-corrected chi connectivity index (χ4v) is 2.56. The second-order valence-electron chi connectivity index (χ2n) is 5.43. The van der Waals surface area contributed by atoms with Gasteiger partial charge in [-0.3, -0.25) is 0 Å². The lowest BCUT2D eigenvalue weighted by molar-refractivity contribution is 1.25. The van der Waals surface area contributed by atoms with Crippen LogP contribution in [0.15, 0.2) is 103 Å². The zero-order chi connectivity index (χ0) is 15.0. The lowest BCUT2D eigenvalue weighted by Gasteiger charge is -2.04. The lowest BCUT2D eigenvalue weighted by Crippen LogP contribution is -1.83. The number of rotatable bonds is 4. The molecule has 22 heavy (non-hydrogen) atoms. The Morgan fingerprint density at radius 2 is 1.73 bits per heavy atom. The molecule has 0 amide bonds. The van der Waals surface area contributed by atoms with Crippen molar-refractivity contribution in [2.75, 3.05) is 0 Å². The number of benzene rings is 2. The van der Waals surface area contributed by atoms with E-state index >= 15 is 0 Å². The van der Waals surface area contributed by atoms with Crippen LogP contribution in [0.3, 0.4) is 0 Å². The molecule has 0 nitrogen and oxygen atoms in total. The summed E-state index contributed by atoms with van der Waals surface area (Å²) in [4.78, 5) is 0. The minimum absolute atomic E-state index is 0.962. The van der Waals surface area contributed by atoms with Gasteiger partial charge in [-0.15, -0.1) is 0 Å². The van der Waals surface area contributed by atoms with Crippen molar-refractivity contribution < 1.29 is 0 Å². The molecule has 1 aliphatic carbocycles. The fourth-order valence-electron chi connectivity index (χ4n) is 2.56. The average molecular weight is 284 g/mol. The minimum Gasteiger partial charge on any atom is -0.0801 e. The smallest absolute Gasteiger partial charge is 0.00941 e. The van der Waals surface area contributed by atoms with Crippen LogP contribution in [0, 0.1) is 0 Å². The monoisotopic (exact) mass is 284 g/mol. The summed E-state index contributed by atoms with van der Waals surface area (Å²) in [6.45, 7) is 0. The molecular formula is C22H20. The van der Waals surface area contributed by atoms with Crippen molar-refractivity contribution in [3.8, 4) is 11.1 Å². The Morgan fingerprint density at radius 3 is 2.55 bits per heavy atom. The molecule has 0 atom stereocenters. The van der Waals surface area contributed by atoms with Gasteiger partial charge in [0.2, 0.25) is 0 Å². The summed E-state index contributed by atoms with van der Waals surface area (Å²) >= 11 is 0. The molecule has 1 aliphatic rings. The topological polar surface area (TPSA) is 0 Å². The Bertz CT molecular complexity index is 728. The third-order valence-corrected chi connectivity index (χ3v) is 3.75. The first-order valence-electron chi connectivity index (χ1n) is 7.75. The maximum Gasteiger partial charge on any atom is -0.00941 e. The molecule has 0 saturated carbocycles. The second-order valence-corrected chi connectivity index (χ2v) is 5.43. The highest BCUT2D eigenvalue weighted by atomic mass is 14.0. The first kappa shape index (κ1) is 14.3. The highest BCUT2D eigenvalue weighted by Gasteiger charge is 1.97. The van der Waals surface area contributed by atoms with Crippen molar-refractivity contribution in [1.82, 2.24) is 0 Å². The van der Waals surface area contributed by atoms with Crippen molar-refractivity contribution in [2.24, 2.45) is 0 Å². The zero-order valence-corrected chi connectivity index (χ0v) is 12.7. The number of hydrogen-bond donors (Lipinski definition) is 0. The molecule has 0 heterocycles. The molecule has 0 unspecified atom stereocenters. The van der Waals surface area contributed by atoms with E-state index in [9.17, 15) is 0 Å². The Balaban J connectivity index is 1.66. The maximum absolute atomic E-state index is 2.27. The molecular weight excluding hydrogens is 264 g/mol. The Kier molecular flexibility index (Phi) is 4.84. The molecule has 0 aromatic heterocycles. The first-order valence-corrected chi connectivity index (χ1v) is 7.75. The van der Waals surface area contributed by atoms with Crippen LogP contribution in [0.5, 0.6) is 0 Å². The van der Waals surface area contributed by atoms with Gasteiger partial charge in [-0.1, -0.05) is 97.1 Å². The quantitative estimate of drug-likeness (QED) is 0.656. The van der Waals surface area contributed by atoms with Crippen molar-refractivity contribution in [2.45, 2.75) is 12.8 Å². The Morgan fingerprint density at radius 1 is 0.864 bits per heavy atom. The van der Waals surface area contributed by atoms with Gasteiger partial charge in [0, 0.05) is 0 Å². The van der Waals surface area contributed by atoms with Crippen LogP contribution in [0.2, 0.25) is 0 Å². The van der Waals surface area contributed by atoms with Crippen molar-refractivity contribution in [1.29, 1.82) is 0 Å². The third-order valence-electron chi connectivity index (χ3n) is 3.75. The van der Waals surface area contributed by atoms with Crippen molar-refractivity contribution >= 4 is 0 Å². The fraction of sp³-hybridized carbons (Fsp3) is 0.0909.